The summed E-state index contributed by atoms with van der Waals surface area (Å²) in [7, 11) is 0. The zero-order valence-electron chi connectivity index (χ0n) is 13.7. The molecule has 0 saturated heterocycles. The number of carbonyl (C=O) groups excluding carboxylic acids is 2. The van der Waals surface area contributed by atoms with Gasteiger partial charge in [0.2, 0.25) is 5.91 Å². The molecule has 0 saturated carbocycles. The molecule has 1 N–H and O–H groups in total. The Morgan fingerprint density at radius 2 is 1.96 bits per heavy atom. The maximum Gasteiger partial charge on any atom is 0.268 e. The standard InChI is InChI=1S/C19H17N3O3/c1-13-19(24)22(16-4-2-3-5-17(16)25-13)12-18(23)21-11-15-8-6-14(10-20)7-9-15/h2-9,13H,11-12H2,1H3,(H,21,23). The van der Waals surface area contributed by atoms with Crippen LogP contribution >= 0.6 is 0 Å². The lowest BCUT2D eigenvalue weighted by atomic mass is 10.1. The van der Waals surface area contributed by atoms with Crippen molar-refractivity contribution in [1.29, 1.82) is 5.26 Å². The van der Waals surface area contributed by atoms with Crippen LogP contribution in [-0.4, -0.2) is 24.5 Å². The lowest BCUT2D eigenvalue weighted by molar-refractivity contribution is -0.128. The number of amides is 2. The van der Waals surface area contributed by atoms with Crippen LogP contribution in [0.4, 0.5) is 5.69 Å². The number of nitriles is 1. The Morgan fingerprint density at radius 3 is 2.68 bits per heavy atom. The van der Waals surface area contributed by atoms with Crippen LogP contribution in [0.25, 0.3) is 0 Å². The van der Waals surface area contributed by atoms with Gasteiger partial charge in [0.05, 0.1) is 17.3 Å². The fraction of sp³-hybridized carbons (Fsp3) is 0.211. The van der Waals surface area contributed by atoms with Gasteiger partial charge in [0.15, 0.2) is 6.10 Å². The Balaban J connectivity index is 1.66. The normalized spacial score (nSPS) is 15.8. The largest absolute Gasteiger partial charge is 0.479 e. The molecule has 0 aromatic heterocycles. The van der Waals surface area contributed by atoms with E-state index in [1.807, 2.05) is 12.1 Å². The molecule has 0 bridgehead atoms. The summed E-state index contributed by atoms with van der Waals surface area (Å²) in [5.74, 6) is 0.0864. The van der Waals surface area contributed by atoms with E-state index >= 15 is 0 Å². The molecule has 1 unspecified atom stereocenters. The highest BCUT2D eigenvalue weighted by molar-refractivity contribution is 6.03. The molecule has 3 rings (SSSR count). The predicted molar refractivity (Wildman–Crippen MR) is 91.9 cm³/mol. The number of para-hydroxylation sites is 2. The summed E-state index contributed by atoms with van der Waals surface area (Å²) < 4.78 is 5.56. The lowest BCUT2D eigenvalue weighted by Crippen LogP contribution is -2.48. The van der Waals surface area contributed by atoms with Crippen molar-refractivity contribution < 1.29 is 14.3 Å². The van der Waals surface area contributed by atoms with Gasteiger partial charge in [0, 0.05) is 6.54 Å². The maximum absolute atomic E-state index is 12.4. The predicted octanol–water partition coefficient (Wildman–Crippen LogP) is 1.99. The number of fused-ring (bicyclic) bond motifs is 1. The molecule has 6 heteroatoms. The summed E-state index contributed by atoms with van der Waals surface area (Å²) in [6.45, 7) is 1.93. The van der Waals surface area contributed by atoms with Crippen molar-refractivity contribution in [3.63, 3.8) is 0 Å². The first-order valence-corrected chi connectivity index (χ1v) is 7.91. The minimum absolute atomic E-state index is 0.0696. The topological polar surface area (TPSA) is 82.4 Å². The molecule has 1 atom stereocenters. The Kier molecular flexibility index (Phi) is 4.66. The highest BCUT2D eigenvalue weighted by atomic mass is 16.5. The number of hydrogen-bond acceptors (Lipinski definition) is 4. The van der Waals surface area contributed by atoms with E-state index in [-0.39, 0.29) is 18.4 Å². The average Bonchev–Trinajstić information content (AvgIpc) is 2.64. The van der Waals surface area contributed by atoms with Crippen molar-refractivity contribution in [2.24, 2.45) is 0 Å². The van der Waals surface area contributed by atoms with Gasteiger partial charge in [-0.15, -0.1) is 0 Å². The third kappa shape index (κ3) is 3.61. The molecule has 126 valence electrons. The number of rotatable bonds is 4. The van der Waals surface area contributed by atoms with Crippen molar-refractivity contribution in [3.8, 4) is 11.8 Å². The van der Waals surface area contributed by atoms with Gasteiger partial charge in [-0.3, -0.25) is 14.5 Å². The minimum atomic E-state index is -0.624. The second-order valence-electron chi connectivity index (χ2n) is 5.74. The second kappa shape index (κ2) is 7.05. The summed E-state index contributed by atoms with van der Waals surface area (Å²) in [6, 6.07) is 16.2. The number of ether oxygens (including phenoxy) is 1. The summed E-state index contributed by atoms with van der Waals surface area (Å²) in [5.41, 5.74) is 2.05. The molecule has 0 aliphatic carbocycles. The van der Waals surface area contributed by atoms with E-state index in [2.05, 4.69) is 5.32 Å². The van der Waals surface area contributed by atoms with E-state index < -0.39 is 6.10 Å². The molecule has 0 spiro atoms. The van der Waals surface area contributed by atoms with Crippen LogP contribution in [0.3, 0.4) is 0 Å². The summed E-state index contributed by atoms with van der Waals surface area (Å²) in [6.07, 6.45) is -0.624. The van der Waals surface area contributed by atoms with E-state index in [0.29, 0.717) is 23.5 Å². The van der Waals surface area contributed by atoms with Crippen LogP contribution in [0.2, 0.25) is 0 Å². The van der Waals surface area contributed by atoms with E-state index in [4.69, 9.17) is 10.00 Å². The summed E-state index contributed by atoms with van der Waals surface area (Å²) in [5, 5.41) is 11.6. The third-order valence-electron chi connectivity index (χ3n) is 3.95. The Hall–Kier alpha value is -3.33. The van der Waals surface area contributed by atoms with E-state index in [0.717, 1.165) is 5.56 Å². The van der Waals surface area contributed by atoms with Crippen LogP contribution in [-0.2, 0) is 16.1 Å². The van der Waals surface area contributed by atoms with Crippen LogP contribution < -0.4 is 15.0 Å². The van der Waals surface area contributed by atoms with Gasteiger partial charge in [-0.05, 0) is 36.8 Å². The SMILES string of the molecule is CC1Oc2ccccc2N(CC(=O)NCc2ccc(C#N)cc2)C1=O. The van der Waals surface area contributed by atoms with Crippen LogP contribution in [0.1, 0.15) is 18.1 Å². The Labute approximate surface area is 145 Å². The summed E-state index contributed by atoms with van der Waals surface area (Å²) >= 11 is 0. The number of benzene rings is 2. The molecule has 2 aromatic rings. The molecular formula is C19H17N3O3. The van der Waals surface area contributed by atoms with Crippen molar-refractivity contribution in [3.05, 3.63) is 59.7 Å². The van der Waals surface area contributed by atoms with E-state index in [9.17, 15) is 9.59 Å². The van der Waals surface area contributed by atoms with Crippen LogP contribution in [0.5, 0.6) is 5.75 Å². The lowest BCUT2D eigenvalue weighted by Gasteiger charge is -2.32. The summed E-state index contributed by atoms with van der Waals surface area (Å²) in [4.78, 5) is 26.1. The highest BCUT2D eigenvalue weighted by Crippen LogP contribution is 2.33. The van der Waals surface area contributed by atoms with E-state index in [1.165, 1.54) is 4.90 Å². The number of nitrogens with one attached hydrogen (secondary N) is 1. The second-order valence-corrected chi connectivity index (χ2v) is 5.74. The third-order valence-corrected chi connectivity index (χ3v) is 3.95. The zero-order valence-corrected chi connectivity index (χ0v) is 13.7. The molecule has 1 heterocycles. The van der Waals surface area contributed by atoms with Crippen LogP contribution in [0.15, 0.2) is 48.5 Å². The highest BCUT2D eigenvalue weighted by Gasteiger charge is 2.32. The smallest absolute Gasteiger partial charge is 0.268 e. The van der Waals surface area contributed by atoms with Crippen molar-refractivity contribution in [1.82, 2.24) is 5.32 Å². The minimum Gasteiger partial charge on any atom is -0.479 e. The molecule has 2 amide bonds. The van der Waals surface area contributed by atoms with Gasteiger partial charge in [-0.25, -0.2) is 0 Å². The molecule has 0 radical (unpaired) electrons. The maximum atomic E-state index is 12.4. The first-order chi connectivity index (χ1) is 12.1. The van der Waals surface area contributed by atoms with E-state index in [1.54, 1.807) is 49.4 Å². The van der Waals surface area contributed by atoms with Gasteiger partial charge in [0.1, 0.15) is 12.3 Å². The first kappa shape index (κ1) is 16.5. The number of anilines is 1. The molecule has 0 fully saturated rings. The van der Waals surface area contributed by atoms with Gasteiger partial charge < -0.3 is 10.1 Å². The first-order valence-electron chi connectivity index (χ1n) is 7.91. The molecule has 2 aromatic carbocycles. The van der Waals surface area contributed by atoms with Gasteiger partial charge in [0.25, 0.3) is 5.91 Å². The number of nitrogens with zero attached hydrogens (tertiary/aromatic N) is 2. The van der Waals surface area contributed by atoms with Crippen molar-refractivity contribution in [2.75, 3.05) is 11.4 Å². The zero-order chi connectivity index (χ0) is 17.8. The molecule has 6 nitrogen and oxygen atoms in total. The quantitative estimate of drug-likeness (QED) is 0.926. The van der Waals surface area contributed by atoms with Gasteiger partial charge >= 0.3 is 0 Å². The Bertz CT molecular complexity index is 840. The fourth-order valence-electron chi connectivity index (χ4n) is 2.62. The molecule has 1 aliphatic rings. The van der Waals surface area contributed by atoms with Gasteiger partial charge in [-0.2, -0.15) is 5.26 Å². The van der Waals surface area contributed by atoms with Crippen molar-refractivity contribution in [2.45, 2.75) is 19.6 Å². The average molecular weight is 335 g/mol. The van der Waals surface area contributed by atoms with Crippen molar-refractivity contribution >= 4 is 17.5 Å². The molecule has 1 aliphatic heterocycles. The monoisotopic (exact) mass is 335 g/mol. The van der Waals surface area contributed by atoms with Crippen LogP contribution in [0, 0.1) is 11.3 Å². The number of hydrogen-bond donors (Lipinski definition) is 1. The Morgan fingerprint density at radius 1 is 1.24 bits per heavy atom. The fourth-order valence-corrected chi connectivity index (χ4v) is 2.62. The number of carbonyl (C=O) groups is 2. The van der Waals surface area contributed by atoms with Gasteiger partial charge in [-0.1, -0.05) is 24.3 Å². The molecule has 25 heavy (non-hydrogen) atoms. The molecular weight excluding hydrogens is 318 g/mol.